The van der Waals surface area contributed by atoms with Gasteiger partial charge in [-0.3, -0.25) is 4.98 Å². The SMILES string of the molecule is c1cncc(C2(CNC3CC3)CCCCCC2)c1. The molecular formula is C16H24N2. The molecule has 0 aliphatic heterocycles. The van der Waals surface area contributed by atoms with Crippen LogP contribution in [0.15, 0.2) is 24.5 Å². The van der Waals surface area contributed by atoms with Gasteiger partial charge in [0.1, 0.15) is 0 Å². The summed E-state index contributed by atoms with van der Waals surface area (Å²) in [7, 11) is 0. The van der Waals surface area contributed by atoms with Crippen LogP contribution in [-0.4, -0.2) is 17.6 Å². The van der Waals surface area contributed by atoms with Crippen LogP contribution in [0.2, 0.25) is 0 Å². The molecule has 0 radical (unpaired) electrons. The van der Waals surface area contributed by atoms with E-state index in [4.69, 9.17) is 0 Å². The highest BCUT2D eigenvalue weighted by Crippen LogP contribution is 2.38. The van der Waals surface area contributed by atoms with Crippen LogP contribution in [0.25, 0.3) is 0 Å². The largest absolute Gasteiger partial charge is 0.313 e. The van der Waals surface area contributed by atoms with E-state index in [0.29, 0.717) is 5.41 Å². The van der Waals surface area contributed by atoms with E-state index in [0.717, 1.165) is 12.6 Å². The van der Waals surface area contributed by atoms with Crippen LogP contribution in [0.5, 0.6) is 0 Å². The zero-order valence-electron chi connectivity index (χ0n) is 11.2. The van der Waals surface area contributed by atoms with Crippen molar-refractivity contribution in [2.75, 3.05) is 6.54 Å². The third kappa shape index (κ3) is 2.74. The fraction of sp³-hybridized carbons (Fsp3) is 0.688. The van der Waals surface area contributed by atoms with Crippen molar-refractivity contribution in [3.63, 3.8) is 0 Å². The van der Waals surface area contributed by atoms with E-state index in [9.17, 15) is 0 Å². The molecule has 0 spiro atoms. The van der Waals surface area contributed by atoms with Crippen LogP contribution < -0.4 is 5.32 Å². The molecular weight excluding hydrogens is 220 g/mol. The number of pyridine rings is 1. The molecule has 2 saturated carbocycles. The highest BCUT2D eigenvalue weighted by molar-refractivity contribution is 5.23. The van der Waals surface area contributed by atoms with Crippen molar-refractivity contribution in [2.45, 2.75) is 62.8 Å². The quantitative estimate of drug-likeness (QED) is 0.821. The van der Waals surface area contributed by atoms with E-state index in [-0.39, 0.29) is 0 Å². The maximum absolute atomic E-state index is 4.35. The second-order valence-electron chi connectivity index (χ2n) is 6.09. The molecule has 1 aromatic heterocycles. The highest BCUT2D eigenvalue weighted by atomic mass is 15.0. The van der Waals surface area contributed by atoms with E-state index in [2.05, 4.69) is 28.6 Å². The van der Waals surface area contributed by atoms with Gasteiger partial charge in [-0.05, 0) is 37.3 Å². The van der Waals surface area contributed by atoms with Crippen LogP contribution in [0.1, 0.15) is 56.9 Å². The average Bonchev–Trinajstić information content (AvgIpc) is 3.25. The van der Waals surface area contributed by atoms with E-state index in [1.54, 1.807) is 0 Å². The first kappa shape index (κ1) is 12.2. The number of nitrogens with one attached hydrogen (secondary N) is 1. The van der Waals surface area contributed by atoms with E-state index < -0.39 is 0 Å². The minimum atomic E-state index is 0.355. The molecule has 0 aromatic carbocycles. The van der Waals surface area contributed by atoms with Crippen molar-refractivity contribution in [1.82, 2.24) is 10.3 Å². The van der Waals surface area contributed by atoms with E-state index in [1.165, 1.54) is 56.9 Å². The third-order valence-electron chi connectivity index (χ3n) is 4.64. The monoisotopic (exact) mass is 244 g/mol. The van der Waals surface area contributed by atoms with Crippen LogP contribution in [0.4, 0.5) is 0 Å². The number of rotatable bonds is 4. The predicted octanol–water partition coefficient (Wildman–Crippen LogP) is 3.43. The van der Waals surface area contributed by atoms with Gasteiger partial charge in [-0.25, -0.2) is 0 Å². The molecule has 2 aliphatic rings. The lowest BCUT2D eigenvalue weighted by Crippen LogP contribution is -2.39. The lowest BCUT2D eigenvalue weighted by Gasteiger charge is -2.33. The standard InChI is InChI=1S/C16H24N2/c1-2-4-10-16(9-3-1,13-18-15-7-8-15)14-6-5-11-17-12-14/h5-6,11-12,15,18H,1-4,7-10,13H2. The summed E-state index contributed by atoms with van der Waals surface area (Å²) in [6.45, 7) is 1.16. The van der Waals surface area contributed by atoms with Crippen molar-refractivity contribution in [3.8, 4) is 0 Å². The Balaban J connectivity index is 1.80. The molecule has 2 fully saturated rings. The topological polar surface area (TPSA) is 24.9 Å². The molecule has 98 valence electrons. The molecule has 0 bridgehead atoms. The number of nitrogens with zero attached hydrogens (tertiary/aromatic N) is 1. The molecule has 3 rings (SSSR count). The van der Waals surface area contributed by atoms with Gasteiger partial charge in [0.05, 0.1) is 0 Å². The van der Waals surface area contributed by atoms with Crippen molar-refractivity contribution < 1.29 is 0 Å². The van der Waals surface area contributed by atoms with Crippen LogP contribution in [0, 0.1) is 0 Å². The average molecular weight is 244 g/mol. The molecule has 0 atom stereocenters. The smallest absolute Gasteiger partial charge is 0.0306 e. The van der Waals surface area contributed by atoms with Crippen LogP contribution in [-0.2, 0) is 5.41 Å². The lowest BCUT2D eigenvalue weighted by molar-refractivity contribution is 0.345. The van der Waals surface area contributed by atoms with E-state index >= 15 is 0 Å². The predicted molar refractivity (Wildman–Crippen MR) is 74.6 cm³/mol. The number of aromatic nitrogens is 1. The lowest BCUT2D eigenvalue weighted by atomic mass is 9.75. The van der Waals surface area contributed by atoms with Gasteiger partial charge in [0, 0.05) is 30.4 Å². The Morgan fingerprint density at radius 1 is 1.17 bits per heavy atom. The molecule has 1 aromatic rings. The van der Waals surface area contributed by atoms with Gasteiger partial charge in [0.15, 0.2) is 0 Å². The van der Waals surface area contributed by atoms with Gasteiger partial charge in [-0.2, -0.15) is 0 Å². The first-order valence-corrected chi connectivity index (χ1v) is 7.53. The molecule has 0 amide bonds. The van der Waals surface area contributed by atoms with Crippen molar-refractivity contribution >= 4 is 0 Å². The summed E-state index contributed by atoms with van der Waals surface area (Å²) in [5.41, 5.74) is 1.81. The molecule has 0 saturated heterocycles. The van der Waals surface area contributed by atoms with Gasteiger partial charge in [-0.15, -0.1) is 0 Å². The van der Waals surface area contributed by atoms with Crippen molar-refractivity contribution in [2.24, 2.45) is 0 Å². The summed E-state index contributed by atoms with van der Waals surface area (Å²) in [5, 5.41) is 3.77. The summed E-state index contributed by atoms with van der Waals surface area (Å²) in [6, 6.07) is 5.19. The molecule has 2 aliphatic carbocycles. The number of hydrogen-bond acceptors (Lipinski definition) is 2. The van der Waals surface area contributed by atoms with Gasteiger partial charge < -0.3 is 5.32 Å². The van der Waals surface area contributed by atoms with Gasteiger partial charge in [-0.1, -0.05) is 31.7 Å². The Bertz CT molecular complexity index is 362. The third-order valence-corrected chi connectivity index (χ3v) is 4.64. The Morgan fingerprint density at radius 2 is 1.94 bits per heavy atom. The highest BCUT2D eigenvalue weighted by Gasteiger charge is 2.34. The normalized spacial score (nSPS) is 23.6. The Hall–Kier alpha value is -0.890. The minimum absolute atomic E-state index is 0.355. The molecule has 1 heterocycles. The second-order valence-corrected chi connectivity index (χ2v) is 6.09. The van der Waals surface area contributed by atoms with Crippen LogP contribution in [0.3, 0.4) is 0 Å². The first-order chi connectivity index (χ1) is 8.89. The van der Waals surface area contributed by atoms with Gasteiger partial charge in [0.2, 0.25) is 0 Å². The number of hydrogen-bond donors (Lipinski definition) is 1. The zero-order chi connectivity index (χ0) is 12.3. The summed E-state index contributed by atoms with van der Waals surface area (Å²) >= 11 is 0. The van der Waals surface area contributed by atoms with E-state index in [1.807, 2.05) is 6.20 Å². The summed E-state index contributed by atoms with van der Waals surface area (Å²) in [4.78, 5) is 4.35. The van der Waals surface area contributed by atoms with Crippen molar-refractivity contribution in [1.29, 1.82) is 0 Å². The Kier molecular flexibility index (Phi) is 3.64. The van der Waals surface area contributed by atoms with Crippen LogP contribution >= 0.6 is 0 Å². The molecule has 2 heteroatoms. The molecule has 1 N–H and O–H groups in total. The minimum Gasteiger partial charge on any atom is -0.313 e. The zero-order valence-corrected chi connectivity index (χ0v) is 11.2. The molecule has 0 unspecified atom stereocenters. The fourth-order valence-corrected chi connectivity index (χ4v) is 3.28. The molecule has 2 nitrogen and oxygen atoms in total. The molecule has 18 heavy (non-hydrogen) atoms. The summed E-state index contributed by atoms with van der Waals surface area (Å²) < 4.78 is 0. The van der Waals surface area contributed by atoms with Gasteiger partial charge in [0.25, 0.3) is 0 Å². The van der Waals surface area contributed by atoms with Gasteiger partial charge >= 0.3 is 0 Å². The van der Waals surface area contributed by atoms with Crippen molar-refractivity contribution in [3.05, 3.63) is 30.1 Å². The maximum Gasteiger partial charge on any atom is 0.0306 e. The second kappa shape index (κ2) is 5.40. The summed E-state index contributed by atoms with van der Waals surface area (Å²) in [6.07, 6.45) is 15.0. The fourth-order valence-electron chi connectivity index (χ4n) is 3.28. The summed E-state index contributed by atoms with van der Waals surface area (Å²) in [5.74, 6) is 0. The first-order valence-electron chi connectivity index (χ1n) is 7.53. The Morgan fingerprint density at radius 3 is 2.56 bits per heavy atom. The maximum atomic E-state index is 4.35. The Labute approximate surface area is 110 Å².